The zero-order valence-corrected chi connectivity index (χ0v) is 16.3. The largest absolute Gasteiger partial charge is 0.339 e. The second kappa shape index (κ2) is 8.57. The van der Waals surface area contributed by atoms with Crippen LogP contribution in [0.1, 0.15) is 23.0 Å². The Kier molecular flexibility index (Phi) is 5.52. The molecule has 4 aromatic rings. The summed E-state index contributed by atoms with van der Waals surface area (Å²) in [5, 5.41) is 7.22. The molecule has 4 rings (SSSR count). The number of hydrogen-bond donors (Lipinski definition) is 1. The Morgan fingerprint density at radius 3 is 2.73 bits per heavy atom. The van der Waals surface area contributed by atoms with Crippen molar-refractivity contribution >= 4 is 12.0 Å². The number of halogens is 1. The third-order valence-corrected chi connectivity index (χ3v) is 4.64. The number of carbonyl (C=O) groups excluding carboxylic acids is 1. The SMILES string of the molecule is Cn1ccnc1C(NC(=O)/C=C/c1cnn(-c2ccccc2)c1)c1cccc(F)c1. The summed E-state index contributed by atoms with van der Waals surface area (Å²) in [7, 11) is 1.83. The van der Waals surface area contributed by atoms with E-state index >= 15 is 0 Å². The highest BCUT2D eigenvalue weighted by atomic mass is 19.1. The lowest BCUT2D eigenvalue weighted by molar-refractivity contribution is -0.117. The second-order valence-electron chi connectivity index (χ2n) is 6.78. The fourth-order valence-corrected chi connectivity index (χ4v) is 3.15. The topological polar surface area (TPSA) is 64.7 Å². The molecule has 2 aromatic carbocycles. The van der Waals surface area contributed by atoms with Crippen LogP contribution in [0.15, 0.2) is 85.5 Å². The van der Waals surface area contributed by atoms with Gasteiger partial charge in [0.15, 0.2) is 0 Å². The molecule has 0 aliphatic carbocycles. The highest BCUT2D eigenvalue weighted by Gasteiger charge is 2.20. The first kappa shape index (κ1) is 19.3. The van der Waals surface area contributed by atoms with Gasteiger partial charge < -0.3 is 9.88 Å². The van der Waals surface area contributed by atoms with E-state index in [1.54, 1.807) is 46.0 Å². The average molecular weight is 401 g/mol. The van der Waals surface area contributed by atoms with E-state index in [1.807, 2.05) is 43.6 Å². The summed E-state index contributed by atoms with van der Waals surface area (Å²) in [6, 6.07) is 15.3. The number of benzene rings is 2. The van der Waals surface area contributed by atoms with Gasteiger partial charge in [-0.1, -0.05) is 30.3 Å². The van der Waals surface area contributed by atoms with Crippen LogP contribution >= 0.6 is 0 Å². The highest BCUT2D eigenvalue weighted by Crippen LogP contribution is 2.21. The van der Waals surface area contributed by atoms with Crippen molar-refractivity contribution in [2.24, 2.45) is 7.05 Å². The minimum absolute atomic E-state index is 0.320. The number of imidazole rings is 1. The Labute approximate surface area is 173 Å². The fourth-order valence-electron chi connectivity index (χ4n) is 3.15. The van der Waals surface area contributed by atoms with Crippen molar-refractivity contribution in [2.75, 3.05) is 0 Å². The minimum atomic E-state index is -0.579. The smallest absolute Gasteiger partial charge is 0.244 e. The Morgan fingerprint density at radius 2 is 2.00 bits per heavy atom. The molecular weight excluding hydrogens is 381 g/mol. The first-order valence-electron chi connectivity index (χ1n) is 9.41. The maximum absolute atomic E-state index is 13.8. The summed E-state index contributed by atoms with van der Waals surface area (Å²) in [6.45, 7) is 0. The first-order chi connectivity index (χ1) is 14.6. The van der Waals surface area contributed by atoms with Crippen LogP contribution in [0.25, 0.3) is 11.8 Å². The van der Waals surface area contributed by atoms with Gasteiger partial charge in [0.1, 0.15) is 17.7 Å². The van der Waals surface area contributed by atoms with Gasteiger partial charge in [-0.05, 0) is 35.9 Å². The van der Waals surface area contributed by atoms with E-state index in [-0.39, 0.29) is 11.7 Å². The molecule has 30 heavy (non-hydrogen) atoms. The van der Waals surface area contributed by atoms with E-state index < -0.39 is 6.04 Å². The molecule has 0 bridgehead atoms. The molecule has 0 fully saturated rings. The first-order valence-corrected chi connectivity index (χ1v) is 9.41. The van der Waals surface area contributed by atoms with Crippen LogP contribution in [-0.2, 0) is 11.8 Å². The molecule has 1 unspecified atom stereocenters. The average Bonchev–Trinajstić information content (AvgIpc) is 3.40. The molecule has 0 radical (unpaired) electrons. The molecule has 0 saturated heterocycles. The van der Waals surface area contributed by atoms with Crippen molar-refractivity contribution in [2.45, 2.75) is 6.04 Å². The third-order valence-electron chi connectivity index (χ3n) is 4.64. The lowest BCUT2D eigenvalue weighted by Gasteiger charge is -2.18. The molecule has 0 spiro atoms. The van der Waals surface area contributed by atoms with E-state index in [2.05, 4.69) is 15.4 Å². The standard InChI is InChI=1S/C23H20FN5O/c1-28-13-12-25-23(28)22(18-6-5-7-19(24)14-18)27-21(30)11-10-17-15-26-29(16-17)20-8-3-2-4-9-20/h2-16,22H,1H3,(H,27,30)/b11-10+. The molecule has 1 N–H and O–H groups in total. The van der Waals surface area contributed by atoms with E-state index in [9.17, 15) is 9.18 Å². The maximum atomic E-state index is 13.8. The van der Waals surface area contributed by atoms with Crippen LogP contribution in [0.4, 0.5) is 4.39 Å². The third kappa shape index (κ3) is 4.35. The summed E-state index contributed by atoms with van der Waals surface area (Å²) < 4.78 is 17.3. The van der Waals surface area contributed by atoms with Crippen molar-refractivity contribution in [1.29, 1.82) is 0 Å². The van der Waals surface area contributed by atoms with E-state index in [4.69, 9.17) is 0 Å². The summed E-state index contributed by atoms with van der Waals surface area (Å²) in [5.41, 5.74) is 2.33. The maximum Gasteiger partial charge on any atom is 0.244 e. The normalized spacial score (nSPS) is 12.2. The number of aryl methyl sites for hydroxylation is 1. The molecule has 7 heteroatoms. The van der Waals surface area contributed by atoms with Crippen LogP contribution < -0.4 is 5.32 Å². The minimum Gasteiger partial charge on any atom is -0.339 e. The van der Waals surface area contributed by atoms with Gasteiger partial charge in [0.2, 0.25) is 5.91 Å². The molecule has 1 atom stereocenters. The Morgan fingerprint density at radius 1 is 1.17 bits per heavy atom. The predicted octanol–water partition coefficient (Wildman–Crippen LogP) is 3.66. The van der Waals surface area contributed by atoms with Gasteiger partial charge in [-0.2, -0.15) is 5.10 Å². The number of rotatable bonds is 6. The van der Waals surface area contributed by atoms with E-state index in [1.165, 1.54) is 18.2 Å². The lowest BCUT2D eigenvalue weighted by Crippen LogP contribution is -2.29. The van der Waals surface area contributed by atoms with Crippen LogP contribution in [0.2, 0.25) is 0 Å². The summed E-state index contributed by atoms with van der Waals surface area (Å²) >= 11 is 0. The monoisotopic (exact) mass is 401 g/mol. The summed E-state index contributed by atoms with van der Waals surface area (Å²) in [4.78, 5) is 16.9. The van der Waals surface area contributed by atoms with Gasteiger partial charge in [0, 0.05) is 37.3 Å². The van der Waals surface area contributed by atoms with Crippen molar-refractivity contribution in [1.82, 2.24) is 24.6 Å². The number of amides is 1. The number of aromatic nitrogens is 4. The van der Waals surface area contributed by atoms with Crippen LogP contribution in [0.3, 0.4) is 0 Å². The predicted molar refractivity (Wildman–Crippen MR) is 112 cm³/mol. The second-order valence-corrected chi connectivity index (χ2v) is 6.78. The Balaban J connectivity index is 1.52. The number of nitrogens with zero attached hydrogens (tertiary/aromatic N) is 4. The zero-order chi connectivity index (χ0) is 20.9. The quantitative estimate of drug-likeness (QED) is 0.502. The molecular formula is C23H20FN5O. The van der Waals surface area contributed by atoms with Crippen molar-refractivity contribution in [3.63, 3.8) is 0 Å². The van der Waals surface area contributed by atoms with Crippen molar-refractivity contribution in [3.8, 4) is 5.69 Å². The van der Waals surface area contributed by atoms with Gasteiger partial charge in [0.05, 0.1) is 11.9 Å². The van der Waals surface area contributed by atoms with Gasteiger partial charge in [-0.15, -0.1) is 0 Å². The molecule has 1 amide bonds. The molecule has 0 saturated carbocycles. The molecule has 150 valence electrons. The molecule has 6 nitrogen and oxygen atoms in total. The number of nitrogens with one attached hydrogen (secondary N) is 1. The van der Waals surface area contributed by atoms with Crippen LogP contribution in [0, 0.1) is 5.82 Å². The molecule has 2 aromatic heterocycles. The van der Waals surface area contributed by atoms with Gasteiger partial charge >= 0.3 is 0 Å². The van der Waals surface area contributed by atoms with Gasteiger partial charge in [-0.25, -0.2) is 14.1 Å². The zero-order valence-electron chi connectivity index (χ0n) is 16.3. The lowest BCUT2D eigenvalue weighted by atomic mass is 10.1. The molecule has 2 heterocycles. The molecule has 0 aliphatic heterocycles. The summed E-state index contributed by atoms with van der Waals surface area (Å²) in [5.74, 6) is -0.0798. The van der Waals surface area contributed by atoms with Crippen molar-refractivity contribution in [3.05, 3.63) is 108 Å². The van der Waals surface area contributed by atoms with E-state index in [0.717, 1.165) is 11.3 Å². The number of hydrogen-bond acceptors (Lipinski definition) is 3. The van der Waals surface area contributed by atoms with Gasteiger partial charge in [0.25, 0.3) is 0 Å². The number of carbonyl (C=O) groups is 1. The Hall–Kier alpha value is -4.00. The highest BCUT2D eigenvalue weighted by molar-refractivity contribution is 5.92. The van der Waals surface area contributed by atoms with Crippen molar-refractivity contribution < 1.29 is 9.18 Å². The molecule has 0 aliphatic rings. The van der Waals surface area contributed by atoms with E-state index in [0.29, 0.717) is 11.4 Å². The van der Waals surface area contributed by atoms with Gasteiger partial charge in [-0.3, -0.25) is 4.79 Å². The fraction of sp³-hybridized carbons (Fsp3) is 0.0870. The Bertz CT molecular complexity index is 1180. The van der Waals surface area contributed by atoms with Crippen LogP contribution in [-0.4, -0.2) is 25.2 Å². The number of para-hydroxylation sites is 1. The summed E-state index contributed by atoms with van der Waals surface area (Å²) in [6.07, 6.45) is 10.1. The van der Waals surface area contributed by atoms with Crippen LogP contribution in [0.5, 0.6) is 0 Å².